The van der Waals surface area contributed by atoms with Crippen molar-refractivity contribution in [1.29, 1.82) is 0 Å². The number of benzene rings is 1. The largest absolute Gasteiger partial charge is 0.374 e. The van der Waals surface area contributed by atoms with E-state index in [0.29, 0.717) is 12.6 Å². The summed E-state index contributed by atoms with van der Waals surface area (Å²) in [5.74, 6) is 0.250. The normalized spacial score (nSPS) is 21.3. The van der Waals surface area contributed by atoms with Crippen molar-refractivity contribution in [1.82, 2.24) is 5.32 Å². The molecule has 1 aliphatic heterocycles. The number of carbonyl (C=O) groups is 1. The number of rotatable bonds is 5. The first-order valence-electron chi connectivity index (χ1n) is 7.79. The minimum atomic E-state index is 0. The van der Waals surface area contributed by atoms with Crippen LogP contribution in [0, 0.1) is 5.92 Å². The van der Waals surface area contributed by atoms with E-state index in [-0.39, 0.29) is 30.3 Å². The van der Waals surface area contributed by atoms with E-state index in [0.717, 1.165) is 30.6 Å². The molecule has 0 bridgehead atoms. The number of hydrogen-bond acceptors (Lipinski definition) is 3. The molecule has 4 nitrogen and oxygen atoms in total. The summed E-state index contributed by atoms with van der Waals surface area (Å²) in [6.45, 7) is 7.70. The molecule has 1 saturated heterocycles. The molecule has 1 fully saturated rings. The first-order chi connectivity index (χ1) is 10.0. The van der Waals surface area contributed by atoms with Gasteiger partial charge in [0.05, 0.1) is 12.7 Å². The van der Waals surface area contributed by atoms with Crippen molar-refractivity contribution in [2.75, 3.05) is 11.9 Å². The Kier molecular flexibility index (Phi) is 7.87. The molecule has 0 saturated carbocycles. The molecule has 124 valence electrons. The van der Waals surface area contributed by atoms with Crippen LogP contribution in [0.1, 0.15) is 39.2 Å². The summed E-state index contributed by atoms with van der Waals surface area (Å²) in [6.07, 6.45) is 2.05. The molecule has 1 aromatic carbocycles. The number of anilines is 1. The number of nitrogens with one attached hydrogen (secondary N) is 2. The smallest absolute Gasteiger partial charge is 0.227 e. The highest BCUT2D eigenvalue weighted by Crippen LogP contribution is 2.19. The molecule has 1 heterocycles. The van der Waals surface area contributed by atoms with Gasteiger partial charge in [0.2, 0.25) is 5.91 Å². The number of halogens is 1. The molecule has 0 aliphatic carbocycles. The lowest BCUT2D eigenvalue weighted by Gasteiger charge is -2.27. The van der Waals surface area contributed by atoms with Crippen LogP contribution in [0.3, 0.4) is 0 Å². The van der Waals surface area contributed by atoms with E-state index in [9.17, 15) is 4.79 Å². The van der Waals surface area contributed by atoms with E-state index < -0.39 is 0 Å². The van der Waals surface area contributed by atoms with Crippen molar-refractivity contribution in [3.8, 4) is 0 Å². The summed E-state index contributed by atoms with van der Waals surface area (Å²) in [5, 5.41) is 6.38. The fourth-order valence-corrected chi connectivity index (χ4v) is 2.56. The monoisotopic (exact) mass is 326 g/mol. The standard InChI is InChI=1S/C17H26N2O2.ClH/c1-12(2)21-11-14-4-6-16(7-5-14)19-17(20)15-8-9-18-13(3)10-15;/h4-7,12-13,15,18H,8-11H2,1-3H3,(H,19,20);1H/t13-,15-;/m0./s1. The van der Waals surface area contributed by atoms with E-state index >= 15 is 0 Å². The van der Waals surface area contributed by atoms with E-state index in [1.54, 1.807) is 0 Å². The lowest BCUT2D eigenvalue weighted by molar-refractivity contribution is -0.120. The molecule has 2 atom stereocenters. The fourth-order valence-electron chi connectivity index (χ4n) is 2.56. The molecular weight excluding hydrogens is 300 g/mol. The molecule has 5 heteroatoms. The van der Waals surface area contributed by atoms with Crippen LogP contribution in [-0.4, -0.2) is 24.6 Å². The molecule has 1 aromatic rings. The minimum absolute atomic E-state index is 0. The van der Waals surface area contributed by atoms with Gasteiger partial charge < -0.3 is 15.4 Å². The first-order valence-corrected chi connectivity index (χ1v) is 7.79. The zero-order chi connectivity index (χ0) is 15.2. The van der Waals surface area contributed by atoms with E-state index in [4.69, 9.17) is 4.74 Å². The lowest BCUT2D eigenvalue weighted by Crippen LogP contribution is -2.40. The summed E-state index contributed by atoms with van der Waals surface area (Å²) in [5.41, 5.74) is 1.98. The number of carbonyl (C=O) groups excluding carboxylic acids is 1. The van der Waals surface area contributed by atoms with Gasteiger partial charge in [-0.1, -0.05) is 12.1 Å². The molecule has 0 aromatic heterocycles. The number of hydrogen-bond donors (Lipinski definition) is 2. The van der Waals surface area contributed by atoms with Gasteiger partial charge in [0, 0.05) is 17.6 Å². The van der Waals surface area contributed by atoms with Gasteiger partial charge in [0.1, 0.15) is 0 Å². The van der Waals surface area contributed by atoms with E-state index in [1.807, 2.05) is 38.1 Å². The third kappa shape index (κ3) is 5.95. The topological polar surface area (TPSA) is 50.4 Å². The zero-order valence-corrected chi connectivity index (χ0v) is 14.4. The summed E-state index contributed by atoms with van der Waals surface area (Å²) >= 11 is 0. The summed E-state index contributed by atoms with van der Waals surface area (Å²) in [4.78, 5) is 12.2. The molecule has 1 amide bonds. The number of ether oxygens (including phenoxy) is 1. The predicted octanol–water partition coefficient (Wildman–Crippen LogP) is 3.36. The zero-order valence-electron chi connectivity index (χ0n) is 13.6. The third-order valence-electron chi connectivity index (χ3n) is 3.80. The van der Waals surface area contributed by atoms with Crippen molar-refractivity contribution < 1.29 is 9.53 Å². The van der Waals surface area contributed by atoms with Crippen molar-refractivity contribution in [3.63, 3.8) is 0 Å². The van der Waals surface area contributed by atoms with Crippen molar-refractivity contribution >= 4 is 24.0 Å². The summed E-state index contributed by atoms with van der Waals surface area (Å²) < 4.78 is 5.56. The highest BCUT2D eigenvalue weighted by molar-refractivity contribution is 5.92. The molecule has 22 heavy (non-hydrogen) atoms. The van der Waals surface area contributed by atoms with Gasteiger partial charge in [-0.25, -0.2) is 0 Å². The van der Waals surface area contributed by atoms with Crippen LogP contribution in [0.25, 0.3) is 0 Å². The highest BCUT2D eigenvalue weighted by atomic mass is 35.5. The average Bonchev–Trinajstić information content (AvgIpc) is 2.46. The maximum Gasteiger partial charge on any atom is 0.227 e. The van der Waals surface area contributed by atoms with Crippen LogP contribution in [-0.2, 0) is 16.1 Å². The van der Waals surface area contributed by atoms with Gasteiger partial charge in [-0.3, -0.25) is 4.79 Å². The second kappa shape index (κ2) is 9.13. The lowest BCUT2D eigenvalue weighted by atomic mass is 9.92. The third-order valence-corrected chi connectivity index (χ3v) is 3.80. The molecular formula is C17H27ClN2O2. The Hall–Kier alpha value is -1.10. The second-order valence-corrected chi connectivity index (χ2v) is 6.12. The van der Waals surface area contributed by atoms with Gasteiger partial charge in [-0.15, -0.1) is 12.4 Å². The molecule has 0 radical (unpaired) electrons. The molecule has 0 spiro atoms. The van der Waals surface area contributed by atoms with Crippen molar-refractivity contribution in [2.24, 2.45) is 5.92 Å². The molecule has 0 unspecified atom stereocenters. The SMILES string of the molecule is CC(C)OCc1ccc(NC(=O)[C@H]2CCN[C@@H](C)C2)cc1.Cl. The van der Waals surface area contributed by atoms with Gasteiger partial charge >= 0.3 is 0 Å². The average molecular weight is 327 g/mol. The summed E-state index contributed by atoms with van der Waals surface area (Å²) in [7, 11) is 0. The number of amides is 1. The minimum Gasteiger partial charge on any atom is -0.374 e. The summed E-state index contributed by atoms with van der Waals surface area (Å²) in [6, 6.07) is 8.32. The Labute approximate surface area is 139 Å². The highest BCUT2D eigenvalue weighted by Gasteiger charge is 2.24. The maximum absolute atomic E-state index is 12.2. The van der Waals surface area contributed by atoms with Crippen LogP contribution < -0.4 is 10.6 Å². The Balaban J connectivity index is 0.00000242. The Morgan fingerprint density at radius 3 is 2.64 bits per heavy atom. The van der Waals surface area contributed by atoms with Crippen LogP contribution in [0.15, 0.2) is 24.3 Å². The van der Waals surface area contributed by atoms with Gasteiger partial charge in [0.15, 0.2) is 0 Å². The molecule has 2 N–H and O–H groups in total. The van der Waals surface area contributed by atoms with Crippen LogP contribution >= 0.6 is 12.4 Å². The Morgan fingerprint density at radius 2 is 2.05 bits per heavy atom. The van der Waals surface area contributed by atoms with Crippen molar-refractivity contribution in [3.05, 3.63) is 29.8 Å². The van der Waals surface area contributed by atoms with Gasteiger partial charge in [-0.2, -0.15) is 0 Å². The second-order valence-electron chi connectivity index (χ2n) is 6.12. The maximum atomic E-state index is 12.2. The first kappa shape index (κ1) is 18.9. The van der Waals surface area contributed by atoms with E-state index in [1.165, 1.54) is 0 Å². The molecule has 2 rings (SSSR count). The van der Waals surface area contributed by atoms with E-state index in [2.05, 4.69) is 17.6 Å². The fraction of sp³-hybridized carbons (Fsp3) is 0.588. The molecule has 1 aliphatic rings. The van der Waals surface area contributed by atoms with Gasteiger partial charge in [-0.05, 0) is 57.9 Å². The van der Waals surface area contributed by atoms with Crippen LogP contribution in [0.2, 0.25) is 0 Å². The number of piperidine rings is 1. The van der Waals surface area contributed by atoms with Gasteiger partial charge in [0.25, 0.3) is 0 Å². The van der Waals surface area contributed by atoms with Crippen molar-refractivity contribution in [2.45, 2.75) is 52.4 Å². The predicted molar refractivity (Wildman–Crippen MR) is 92.4 cm³/mol. The Bertz CT molecular complexity index is 462. The quantitative estimate of drug-likeness (QED) is 0.872. The van der Waals surface area contributed by atoms with Crippen LogP contribution in [0.5, 0.6) is 0 Å². The Morgan fingerprint density at radius 1 is 1.36 bits per heavy atom. The van der Waals surface area contributed by atoms with Crippen LogP contribution in [0.4, 0.5) is 5.69 Å².